The molecule has 0 saturated carbocycles. The number of fused-ring (bicyclic) bond motifs is 2. The normalized spacial score (nSPS) is 27.7. The number of likely N-dealkylation sites (tertiary alicyclic amines) is 2. The third-order valence-electron chi connectivity index (χ3n) is 10.4. The van der Waals surface area contributed by atoms with Crippen molar-refractivity contribution in [3.8, 4) is 0 Å². The maximum absolute atomic E-state index is 6.96. The second-order valence-corrected chi connectivity index (χ2v) is 13.7. The highest BCUT2D eigenvalue weighted by Crippen LogP contribution is 2.46. The van der Waals surface area contributed by atoms with Gasteiger partial charge in [-0.2, -0.15) is 0 Å². The van der Waals surface area contributed by atoms with Crippen molar-refractivity contribution in [2.75, 3.05) is 33.2 Å². The van der Waals surface area contributed by atoms with Crippen LogP contribution in [-0.2, 0) is 14.2 Å². The van der Waals surface area contributed by atoms with E-state index in [-0.39, 0.29) is 30.1 Å². The van der Waals surface area contributed by atoms with Gasteiger partial charge in [0.2, 0.25) is 0 Å². The smallest absolute Gasteiger partial charge is 0.164 e. The van der Waals surface area contributed by atoms with Gasteiger partial charge >= 0.3 is 0 Å². The Labute approximate surface area is 265 Å². The molecule has 8 nitrogen and oxygen atoms in total. The molecule has 0 N–H and O–H groups in total. The number of aliphatic imine (C=N–C) groups is 1. The van der Waals surface area contributed by atoms with Crippen molar-refractivity contribution in [1.82, 2.24) is 19.4 Å². The van der Waals surface area contributed by atoms with Gasteiger partial charge in [0.25, 0.3) is 0 Å². The SMILES string of the molecule is CN1CCC2(CCCN2C[C@H]2O[C@@H](n3ccc4c(N=C(c5ccccc5)c5ccccc5)nccc43)[C@@H]3OC(C)(C)O[C@@H]32)CC1. The number of hydrogen-bond acceptors (Lipinski definition) is 7. The summed E-state index contributed by atoms with van der Waals surface area (Å²) >= 11 is 0. The van der Waals surface area contributed by atoms with Crippen LogP contribution in [0.15, 0.2) is 90.2 Å². The summed E-state index contributed by atoms with van der Waals surface area (Å²) in [6.45, 7) is 8.36. The lowest BCUT2D eigenvalue weighted by Crippen LogP contribution is -2.54. The summed E-state index contributed by atoms with van der Waals surface area (Å²) in [6.07, 6.45) is 8.21. The molecule has 45 heavy (non-hydrogen) atoms. The first-order valence-corrected chi connectivity index (χ1v) is 16.5. The quantitative estimate of drug-likeness (QED) is 0.245. The minimum atomic E-state index is -0.661. The number of piperidine rings is 1. The predicted octanol–water partition coefficient (Wildman–Crippen LogP) is 6.18. The van der Waals surface area contributed by atoms with E-state index in [9.17, 15) is 0 Å². The molecular formula is C37H43N5O3. The molecule has 8 rings (SSSR count). The van der Waals surface area contributed by atoms with E-state index in [1.807, 2.05) is 56.4 Å². The Morgan fingerprint density at radius 2 is 1.56 bits per heavy atom. The topological polar surface area (TPSA) is 64.4 Å². The molecule has 4 aliphatic rings. The van der Waals surface area contributed by atoms with Crippen molar-refractivity contribution < 1.29 is 14.2 Å². The lowest BCUT2D eigenvalue weighted by molar-refractivity contribution is -0.199. The molecule has 1 spiro atoms. The van der Waals surface area contributed by atoms with E-state index in [1.54, 1.807) is 0 Å². The van der Waals surface area contributed by atoms with E-state index in [4.69, 9.17) is 24.2 Å². The van der Waals surface area contributed by atoms with Gasteiger partial charge in [0.05, 0.1) is 11.2 Å². The molecule has 2 aromatic carbocycles. The summed E-state index contributed by atoms with van der Waals surface area (Å²) in [6, 6.07) is 24.8. The Morgan fingerprint density at radius 1 is 0.867 bits per heavy atom. The van der Waals surface area contributed by atoms with E-state index in [1.165, 1.54) is 25.7 Å². The van der Waals surface area contributed by atoms with Gasteiger partial charge < -0.3 is 23.7 Å². The van der Waals surface area contributed by atoms with E-state index in [0.29, 0.717) is 5.82 Å². The summed E-state index contributed by atoms with van der Waals surface area (Å²) in [4.78, 5) is 15.1. The van der Waals surface area contributed by atoms with Crippen LogP contribution in [-0.4, -0.2) is 87.9 Å². The molecule has 0 bridgehead atoms. The Balaban J connectivity index is 1.13. The molecule has 0 radical (unpaired) electrons. The lowest BCUT2D eigenvalue weighted by atomic mass is 9.85. The molecule has 4 fully saturated rings. The fraction of sp³-hybridized carbons (Fsp3) is 0.459. The van der Waals surface area contributed by atoms with Gasteiger partial charge in [0.1, 0.15) is 18.3 Å². The first kappa shape index (κ1) is 29.0. The molecule has 6 heterocycles. The number of nitrogens with zero attached hydrogens (tertiary/aromatic N) is 5. The average Bonchev–Trinajstić information content (AvgIpc) is 3.81. The van der Waals surface area contributed by atoms with Gasteiger partial charge in [-0.1, -0.05) is 60.7 Å². The Kier molecular flexibility index (Phi) is 7.38. The first-order chi connectivity index (χ1) is 21.9. The second-order valence-electron chi connectivity index (χ2n) is 13.7. The predicted molar refractivity (Wildman–Crippen MR) is 176 cm³/mol. The summed E-state index contributed by atoms with van der Waals surface area (Å²) < 4.78 is 22.3. The standard InChI is InChI=1S/C37H43N5O3/c1-36(2)44-32-30(25-41-21-10-17-37(41)18-23-40(3)24-19-37)43-35(33(32)45-36)42-22-16-28-29(42)15-20-38-34(28)39-31(26-11-6-4-7-12-26)27-13-8-5-9-14-27/h4-9,11-16,20,22,30,32-33,35H,10,17-19,21,23-25H2,1-3H3/t30-,32-,33-,35-/m1/s1. The first-order valence-electron chi connectivity index (χ1n) is 16.5. The van der Waals surface area contributed by atoms with Gasteiger partial charge in [-0.05, 0) is 78.3 Å². The molecule has 0 unspecified atom stereocenters. The van der Waals surface area contributed by atoms with Crippen LogP contribution in [0.3, 0.4) is 0 Å². The van der Waals surface area contributed by atoms with Crippen LogP contribution in [0.25, 0.3) is 10.9 Å². The number of benzene rings is 2. The molecule has 8 heteroatoms. The molecule has 0 amide bonds. The average molecular weight is 606 g/mol. The number of ether oxygens (including phenoxy) is 3. The zero-order valence-corrected chi connectivity index (χ0v) is 26.5. The summed E-state index contributed by atoms with van der Waals surface area (Å²) in [5.41, 5.74) is 4.30. The number of aromatic nitrogens is 2. The fourth-order valence-corrected chi connectivity index (χ4v) is 8.10. The summed E-state index contributed by atoms with van der Waals surface area (Å²) in [5.74, 6) is 0.0248. The molecule has 4 aliphatic heterocycles. The number of rotatable bonds is 6. The maximum Gasteiger partial charge on any atom is 0.164 e. The van der Waals surface area contributed by atoms with E-state index in [2.05, 4.69) is 64.0 Å². The van der Waals surface area contributed by atoms with Crippen LogP contribution in [0.1, 0.15) is 56.9 Å². The molecule has 234 valence electrons. The van der Waals surface area contributed by atoms with Crippen LogP contribution in [0.5, 0.6) is 0 Å². The van der Waals surface area contributed by atoms with Crippen LogP contribution in [0, 0.1) is 0 Å². The third-order valence-corrected chi connectivity index (χ3v) is 10.4. The summed E-state index contributed by atoms with van der Waals surface area (Å²) in [7, 11) is 2.24. The zero-order valence-electron chi connectivity index (χ0n) is 26.5. The van der Waals surface area contributed by atoms with Crippen molar-refractivity contribution in [1.29, 1.82) is 0 Å². The van der Waals surface area contributed by atoms with Crippen LogP contribution in [0.2, 0.25) is 0 Å². The van der Waals surface area contributed by atoms with Crippen molar-refractivity contribution in [2.24, 2.45) is 4.99 Å². The monoisotopic (exact) mass is 605 g/mol. The molecule has 4 atom stereocenters. The minimum absolute atomic E-state index is 0.0732. The highest BCUT2D eigenvalue weighted by atomic mass is 16.8. The van der Waals surface area contributed by atoms with E-state index in [0.717, 1.165) is 53.9 Å². The summed E-state index contributed by atoms with van der Waals surface area (Å²) in [5, 5.41) is 0.980. The number of hydrogen-bond donors (Lipinski definition) is 0. The Bertz CT molecular complexity index is 1640. The fourth-order valence-electron chi connectivity index (χ4n) is 8.10. The van der Waals surface area contributed by atoms with Crippen molar-refractivity contribution >= 4 is 22.4 Å². The van der Waals surface area contributed by atoms with Crippen LogP contribution < -0.4 is 0 Å². The van der Waals surface area contributed by atoms with Crippen molar-refractivity contribution in [3.05, 3.63) is 96.3 Å². The molecule has 2 aromatic heterocycles. The third kappa shape index (κ3) is 5.32. The van der Waals surface area contributed by atoms with Gasteiger partial charge in [-0.15, -0.1) is 0 Å². The van der Waals surface area contributed by atoms with Crippen molar-refractivity contribution in [2.45, 2.75) is 75.4 Å². The molecule has 0 aliphatic carbocycles. The lowest BCUT2D eigenvalue weighted by Gasteiger charge is -2.45. The van der Waals surface area contributed by atoms with Gasteiger partial charge in [0, 0.05) is 41.0 Å². The highest BCUT2D eigenvalue weighted by Gasteiger charge is 2.57. The van der Waals surface area contributed by atoms with Crippen molar-refractivity contribution in [3.63, 3.8) is 0 Å². The zero-order chi connectivity index (χ0) is 30.6. The molecule has 4 aromatic rings. The van der Waals surface area contributed by atoms with Gasteiger partial charge in [-0.3, -0.25) is 4.90 Å². The van der Waals surface area contributed by atoms with E-state index >= 15 is 0 Å². The maximum atomic E-state index is 6.96. The minimum Gasteiger partial charge on any atom is -0.348 e. The van der Waals surface area contributed by atoms with Crippen LogP contribution in [0.4, 0.5) is 5.82 Å². The van der Waals surface area contributed by atoms with Crippen LogP contribution >= 0.6 is 0 Å². The van der Waals surface area contributed by atoms with Gasteiger partial charge in [0.15, 0.2) is 17.8 Å². The highest BCUT2D eigenvalue weighted by molar-refractivity contribution is 6.14. The molecular weight excluding hydrogens is 562 g/mol. The van der Waals surface area contributed by atoms with E-state index < -0.39 is 5.79 Å². The largest absolute Gasteiger partial charge is 0.348 e. The Hall–Kier alpha value is -3.40. The molecule has 4 saturated heterocycles. The second kappa shape index (κ2) is 11.4. The van der Waals surface area contributed by atoms with Gasteiger partial charge in [-0.25, -0.2) is 9.98 Å². The number of pyridine rings is 1. The Morgan fingerprint density at radius 3 is 2.27 bits per heavy atom.